The number of nitrogen functional groups attached to an aromatic ring is 1. The molecule has 3 rings (SSSR count). The summed E-state index contributed by atoms with van der Waals surface area (Å²) in [7, 11) is 0. The molecule has 3 aromatic rings. The van der Waals surface area contributed by atoms with Gasteiger partial charge in [0.1, 0.15) is 16.8 Å². The van der Waals surface area contributed by atoms with E-state index < -0.39 is 0 Å². The first-order valence-corrected chi connectivity index (χ1v) is 7.70. The summed E-state index contributed by atoms with van der Waals surface area (Å²) < 4.78 is 5.85. The maximum atomic E-state index is 6.08. The van der Waals surface area contributed by atoms with Crippen LogP contribution in [0, 0.1) is 6.92 Å². The van der Waals surface area contributed by atoms with Gasteiger partial charge < -0.3 is 10.5 Å². The maximum absolute atomic E-state index is 6.08. The average molecular weight is 299 g/mol. The van der Waals surface area contributed by atoms with Gasteiger partial charge in [-0.1, -0.05) is 30.3 Å². The van der Waals surface area contributed by atoms with Crippen LogP contribution < -0.4 is 5.73 Å². The molecule has 0 saturated carbocycles. The third-order valence-corrected chi connectivity index (χ3v) is 4.18. The predicted octanol–water partition coefficient (Wildman–Crippen LogP) is 3.71. The normalized spacial score (nSPS) is 12.7. The van der Waals surface area contributed by atoms with Crippen molar-refractivity contribution in [2.24, 2.45) is 0 Å². The lowest BCUT2D eigenvalue weighted by molar-refractivity contribution is 0.0855. The molecule has 0 amide bonds. The number of fused-ring (bicyclic) bond motifs is 1. The molecule has 0 saturated heterocycles. The molecular weight excluding hydrogens is 282 g/mol. The van der Waals surface area contributed by atoms with Crippen molar-refractivity contribution in [1.29, 1.82) is 0 Å². The van der Waals surface area contributed by atoms with Crippen LogP contribution in [0.5, 0.6) is 0 Å². The van der Waals surface area contributed by atoms with E-state index in [4.69, 9.17) is 10.5 Å². The molecule has 1 aromatic carbocycles. The average Bonchev–Trinajstić information content (AvgIpc) is 2.86. The molecule has 1 atom stereocenters. The van der Waals surface area contributed by atoms with Gasteiger partial charge in [0, 0.05) is 11.5 Å². The molecule has 2 N–H and O–H groups in total. The van der Waals surface area contributed by atoms with Gasteiger partial charge in [0.25, 0.3) is 0 Å². The van der Waals surface area contributed by atoms with Gasteiger partial charge in [-0.25, -0.2) is 9.97 Å². The highest BCUT2D eigenvalue weighted by molar-refractivity contribution is 7.18. The van der Waals surface area contributed by atoms with Gasteiger partial charge >= 0.3 is 0 Å². The Morgan fingerprint density at radius 2 is 2.00 bits per heavy atom. The predicted molar refractivity (Wildman–Crippen MR) is 86.5 cm³/mol. The number of aryl methyl sites for hydroxylation is 1. The molecule has 1 unspecified atom stereocenters. The molecule has 2 aromatic heterocycles. The number of thiophene rings is 1. The van der Waals surface area contributed by atoms with Crippen LogP contribution in [-0.4, -0.2) is 16.6 Å². The molecule has 0 radical (unpaired) electrons. The van der Waals surface area contributed by atoms with Crippen LogP contribution >= 0.6 is 11.3 Å². The van der Waals surface area contributed by atoms with Gasteiger partial charge in [-0.15, -0.1) is 11.3 Å². The molecule has 5 heteroatoms. The van der Waals surface area contributed by atoms with Gasteiger partial charge in [-0.2, -0.15) is 0 Å². The third kappa shape index (κ3) is 2.75. The highest BCUT2D eigenvalue weighted by atomic mass is 32.1. The fourth-order valence-corrected chi connectivity index (χ4v) is 3.21. The highest BCUT2D eigenvalue weighted by Crippen LogP contribution is 2.30. The summed E-state index contributed by atoms with van der Waals surface area (Å²) >= 11 is 1.62. The summed E-state index contributed by atoms with van der Waals surface area (Å²) in [6.45, 7) is 4.60. The topological polar surface area (TPSA) is 61.0 Å². The number of rotatable bonds is 4. The zero-order valence-corrected chi connectivity index (χ0v) is 12.9. The fraction of sp³-hybridized carbons (Fsp3) is 0.250. The van der Waals surface area contributed by atoms with Crippen molar-refractivity contribution in [3.05, 3.63) is 52.7 Å². The minimum atomic E-state index is -0.287. The molecule has 0 bridgehead atoms. The molecule has 0 fully saturated rings. The van der Waals surface area contributed by atoms with E-state index in [1.165, 1.54) is 4.88 Å². The van der Waals surface area contributed by atoms with Crippen LogP contribution in [0.1, 0.15) is 29.3 Å². The van der Waals surface area contributed by atoms with Gasteiger partial charge in [0.2, 0.25) is 0 Å². The largest absolute Gasteiger partial charge is 0.383 e. The van der Waals surface area contributed by atoms with Gasteiger partial charge in [0.15, 0.2) is 5.82 Å². The van der Waals surface area contributed by atoms with E-state index in [1.54, 1.807) is 11.3 Å². The summed E-state index contributed by atoms with van der Waals surface area (Å²) in [5, 5.41) is 0.921. The quantitative estimate of drug-likeness (QED) is 0.798. The van der Waals surface area contributed by atoms with E-state index in [1.807, 2.05) is 50.2 Å². The number of ether oxygens (including phenoxy) is 1. The van der Waals surface area contributed by atoms with E-state index in [0.717, 1.165) is 15.8 Å². The van der Waals surface area contributed by atoms with Crippen molar-refractivity contribution in [2.75, 3.05) is 12.3 Å². The van der Waals surface area contributed by atoms with E-state index in [0.29, 0.717) is 18.2 Å². The Bertz CT molecular complexity index is 755. The SMILES string of the molecule is CCOC(c1ccccc1)c1nc(N)c2cc(C)sc2n1. The van der Waals surface area contributed by atoms with Crippen LogP contribution in [0.4, 0.5) is 5.82 Å². The Balaban J connectivity index is 2.11. The molecule has 0 spiro atoms. The second-order valence-electron chi connectivity index (χ2n) is 4.79. The number of nitrogens with zero attached hydrogens (tertiary/aromatic N) is 2. The Kier molecular flexibility index (Phi) is 3.86. The number of hydrogen-bond donors (Lipinski definition) is 1. The smallest absolute Gasteiger partial charge is 0.165 e. The van der Waals surface area contributed by atoms with Crippen molar-refractivity contribution in [3.8, 4) is 0 Å². The van der Waals surface area contributed by atoms with Crippen molar-refractivity contribution in [3.63, 3.8) is 0 Å². The fourth-order valence-electron chi connectivity index (χ4n) is 2.31. The Labute approximate surface area is 127 Å². The zero-order valence-electron chi connectivity index (χ0n) is 12.0. The molecule has 21 heavy (non-hydrogen) atoms. The minimum absolute atomic E-state index is 0.287. The first kappa shape index (κ1) is 14.0. The summed E-state index contributed by atoms with van der Waals surface area (Å²) in [6.07, 6.45) is -0.287. The van der Waals surface area contributed by atoms with Crippen LogP contribution in [0.3, 0.4) is 0 Å². The second-order valence-corrected chi connectivity index (χ2v) is 6.02. The number of hydrogen-bond acceptors (Lipinski definition) is 5. The lowest BCUT2D eigenvalue weighted by Crippen LogP contribution is -2.11. The van der Waals surface area contributed by atoms with Crippen LogP contribution in [0.2, 0.25) is 0 Å². The van der Waals surface area contributed by atoms with Crippen molar-refractivity contribution in [1.82, 2.24) is 9.97 Å². The monoisotopic (exact) mass is 299 g/mol. The summed E-state index contributed by atoms with van der Waals surface area (Å²) in [5.74, 6) is 1.13. The van der Waals surface area contributed by atoms with E-state index in [2.05, 4.69) is 9.97 Å². The number of benzene rings is 1. The number of anilines is 1. The zero-order chi connectivity index (χ0) is 14.8. The number of aromatic nitrogens is 2. The van der Waals surface area contributed by atoms with Crippen molar-refractivity contribution in [2.45, 2.75) is 20.0 Å². The minimum Gasteiger partial charge on any atom is -0.383 e. The first-order chi connectivity index (χ1) is 10.2. The Hall–Kier alpha value is -1.98. The molecule has 108 valence electrons. The number of nitrogens with two attached hydrogens (primary N) is 1. The molecule has 0 aliphatic carbocycles. The summed E-state index contributed by atoms with van der Waals surface area (Å²) in [6, 6.07) is 12.0. The highest BCUT2D eigenvalue weighted by Gasteiger charge is 2.19. The van der Waals surface area contributed by atoms with Crippen molar-refractivity contribution >= 4 is 27.4 Å². The maximum Gasteiger partial charge on any atom is 0.165 e. The van der Waals surface area contributed by atoms with E-state index >= 15 is 0 Å². The van der Waals surface area contributed by atoms with E-state index in [9.17, 15) is 0 Å². The first-order valence-electron chi connectivity index (χ1n) is 6.89. The second kappa shape index (κ2) is 5.79. The van der Waals surface area contributed by atoms with Crippen molar-refractivity contribution < 1.29 is 4.74 Å². The Morgan fingerprint density at radius 1 is 1.24 bits per heavy atom. The molecule has 0 aliphatic heterocycles. The summed E-state index contributed by atoms with van der Waals surface area (Å²) in [5.41, 5.74) is 7.12. The van der Waals surface area contributed by atoms with Gasteiger partial charge in [-0.05, 0) is 25.5 Å². The molecular formula is C16H17N3OS. The third-order valence-electron chi connectivity index (χ3n) is 3.23. The van der Waals surface area contributed by atoms with Gasteiger partial charge in [-0.3, -0.25) is 0 Å². The molecule has 2 heterocycles. The summed E-state index contributed by atoms with van der Waals surface area (Å²) in [4.78, 5) is 11.2. The lowest BCUT2D eigenvalue weighted by atomic mass is 10.1. The van der Waals surface area contributed by atoms with E-state index in [-0.39, 0.29) is 6.10 Å². The van der Waals surface area contributed by atoms with Gasteiger partial charge in [0.05, 0.1) is 5.39 Å². The Morgan fingerprint density at radius 3 is 2.71 bits per heavy atom. The molecule has 4 nitrogen and oxygen atoms in total. The van der Waals surface area contributed by atoms with Crippen LogP contribution in [0.25, 0.3) is 10.2 Å². The molecule has 0 aliphatic rings. The standard InChI is InChI=1S/C16H17N3OS/c1-3-20-13(11-7-5-4-6-8-11)15-18-14(17)12-9-10(2)21-16(12)19-15/h4-9,13H,3H2,1-2H3,(H2,17,18,19). The van der Waals surface area contributed by atoms with Crippen LogP contribution in [0.15, 0.2) is 36.4 Å². The lowest BCUT2D eigenvalue weighted by Gasteiger charge is -2.16. The van der Waals surface area contributed by atoms with Crippen LogP contribution in [-0.2, 0) is 4.74 Å².